The summed E-state index contributed by atoms with van der Waals surface area (Å²) in [7, 11) is 0. The van der Waals surface area contributed by atoms with Crippen molar-refractivity contribution < 1.29 is 4.42 Å². The minimum Gasteiger partial charge on any atom is -0.454 e. The Morgan fingerprint density at radius 3 is 1.82 bits per heavy atom. The molecule has 7 heterocycles. The van der Waals surface area contributed by atoms with Crippen molar-refractivity contribution in [1.29, 1.82) is 0 Å². The largest absolute Gasteiger partial charge is 0.454 e. The summed E-state index contributed by atoms with van der Waals surface area (Å²) in [6.45, 7) is 11.6. The molecule has 4 aliphatic heterocycles. The highest BCUT2D eigenvalue weighted by atomic mass is 32.1. The molecule has 0 amide bonds. The summed E-state index contributed by atoms with van der Waals surface area (Å²) in [6.07, 6.45) is 0. The number of nitrogens with zero attached hydrogens (tertiary/aromatic N) is 1. The van der Waals surface area contributed by atoms with E-state index in [1.165, 1.54) is 90.4 Å². The van der Waals surface area contributed by atoms with Gasteiger partial charge in [-0.15, -0.1) is 22.7 Å². The molecule has 17 rings (SSSR count). The fraction of sp³-hybridized carbons (Fsp3) is 0.129. The Morgan fingerprint density at radius 2 is 1.05 bits per heavy atom. The smallest absolute Gasteiger partial charge is 0.160 e. The summed E-state index contributed by atoms with van der Waals surface area (Å²) in [6, 6.07) is 69.7. The monoisotopic (exact) mass is 883 g/mol. The van der Waals surface area contributed by atoms with Crippen LogP contribution in [0.3, 0.4) is 0 Å². The van der Waals surface area contributed by atoms with Crippen molar-refractivity contribution in [3.63, 3.8) is 0 Å². The van der Waals surface area contributed by atoms with E-state index in [4.69, 9.17) is 4.42 Å². The highest BCUT2D eigenvalue weighted by Crippen LogP contribution is 2.62. The maximum Gasteiger partial charge on any atom is 0.160 e. The molecule has 9 aromatic carbocycles. The highest BCUT2D eigenvalue weighted by Gasteiger charge is 2.48. The van der Waals surface area contributed by atoms with Crippen molar-refractivity contribution in [2.45, 2.75) is 50.9 Å². The molecule has 0 N–H and O–H groups in total. The van der Waals surface area contributed by atoms with Crippen LogP contribution in [0.5, 0.6) is 0 Å². The highest BCUT2D eigenvalue weighted by molar-refractivity contribution is 7.26. The van der Waals surface area contributed by atoms with Crippen LogP contribution in [-0.4, -0.2) is 0 Å². The minimum absolute atomic E-state index is 0.00740. The molecular formula is C62H45NOS2. The normalized spacial score (nSPS) is 16.4. The van der Waals surface area contributed by atoms with Gasteiger partial charge in [0.05, 0.1) is 11.1 Å². The van der Waals surface area contributed by atoms with Gasteiger partial charge in [-0.05, 0) is 128 Å². The van der Waals surface area contributed by atoms with Crippen LogP contribution >= 0.6 is 22.7 Å². The van der Waals surface area contributed by atoms with Crippen LogP contribution in [0.15, 0.2) is 186 Å². The Balaban J connectivity index is 1.20. The Hall–Kier alpha value is -6.98. The topological polar surface area (TPSA) is 16.4 Å². The average Bonchev–Trinajstić information content (AvgIpc) is 4.09. The molecule has 1 atom stereocenters. The summed E-state index contributed by atoms with van der Waals surface area (Å²) in [4.78, 5) is 2.45. The second-order valence-corrected chi connectivity index (χ2v) is 22.2. The van der Waals surface area contributed by atoms with Gasteiger partial charge in [-0.3, -0.25) is 0 Å². The van der Waals surface area contributed by atoms with E-state index in [2.05, 4.69) is 222 Å². The fourth-order valence-electron chi connectivity index (χ4n) is 11.7. The number of rotatable bonds is 2. The molecule has 0 saturated carbocycles. The van der Waals surface area contributed by atoms with Gasteiger partial charge in [0.1, 0.15) is 5.58 Å². The molecule has 4 heteroatoms. The lowest BCUT2D eigenvalue weighted by Gasteiger charge is -2.35. The van der Waals surface area contributed by atoms with Crippen LogP contribution in [0.25, 0.3) is 73.4 Å². The van der Waals surface area contributed by atoms with E-state index < -0.39 is 5.41 Å². The number of hydrogen-bond acceptors (Lipinski definition) is 4. The Morgan fingerprint density at radius 1 is 0.470 bits per heavy atom. The van der Waals surface area contributed by atoms with Crippen molar-refractivity contribution >= 4 is 102 Å². The van der Waals surface area contributed by atoms with Gasteiger partial charge in [-0.25, -0.2) is 0 Å². The zero-order chi connectivity index (χ0) is 44.3. The zero-order valence-corrected chi connectivity index (χ0v) is 39.1. The third kappa shape index (κ3) is 5.12. The summed E-state index contributed by atoms with van der Waals surface area (Å²) in [5, 5.41) is 7.49. The van der Waals surface area contributed by atoms with Gasteiger partial charge in [0.2, 0.25) is 0 Å². The van der Waals surface area contributed by atoms with Gasteiger partial charge < -0.3 is 9.32 Å². The molecule has 9 bridgehead atoms. The van der Waals surface area contributed by atoms with Gasteiger partial charge in [0, 0.05) is 67.9 Å². The maximum absolute atomic E-state index is 7.23. The first-order valence-corrected chi connectivity index (χ1v) is 24.7. The predicted molar refractivity (Wildman–Crippen MR) is 282 cm³/mol. The molecule has 2 nitrogen and oxygen atoms in total. The summed E-state index contributed by atoms with van der Waals surface area (Å²) in [5.74, 6) is 0. The van der Waals surface area contributed by atoms with Crippen molar-refractivity contribution in [1.82, 2.24) is 0 Å². The lowest BCUT2D eigenvalue weighted by molar-refractivity contribution is 0.590. The number of hydrogen-bond donors (Lipinski definition) is 0. The summed E-state index contributed by atoms with van der Waals surface area (Å²) >= 11 is 3.79. The Labute approximate surface area is 392 Å². The molecular weight excluding hydrogens is 839 g/mol. The molecule has 0 fully saturated rings. The van der Waals surface area contributed by atoms with Crippen LogP contribution < -0.4 is 4.90 Å². The van der Waals surface area contributed by atoms with Crippen molar-refractivity contribution in [3.05, 3.63) is 221 Å². The average molecular weight is 884 g/mol. The van der Waals surface area contributed by atoms with E-state index in [0.717, 1.165) is 39.0 Å². The van der Waals surface area contributed by atoms with Crippen LogP contribution in [0.4, 0.5) is 17.1 Å². The predicted octanol–water partition coefficient (Wildman–Crippen LogP) is 18.1. The zero-order valence-electron chi connectivity index (χ0n) is 37.5. The standard InChI is InChI=1S/C62H45NOS2/c1-60(2,3)36-18-25-41(26-19-36)63-42-27-20-37(21-28-42)61(4,5)38-23-30-55-47(32-38)44-29-22-40(34-56(44)66-55)62(39-24-31-54-48(33-39)43-12-8-11-17-53(43)65-54)49-15-9-6-13-45(49)57-50(62)35-51(63)59-58(57)46-14-7-10-16-52(46)64-59/h6-35H,1-5H3. The molecule has 1 unspecified atom stereocenters. The molecule has 1 aliphatic carbocycles. The molecule has 12 aromatic rings. The molecule has 316 valence electrons. The van der Waals surface area contributed by atoms with Gasteiger partial charge in [-0.1, -0.05) is 144 Å². The summed E-state index contributed by atoms with van der Waals surface area (Å²) < 4.78 is 12.5. The molecule has 0 spiro atoms. The second-order valence-electron chi connectivity index (χ2n) is 20.1. The van der Waals surface area contributed by atoms with Crippen LogP contribution in [0.2, 0.25) is 0 Å². The number of fused-ring (bicyclic) bond motifs is 9. The number of benzene rings is 9. The SMILES string of the molecule is CC(C)(C)c1ccc(N2c3ccc(cc3)C(C)(C)c3ccc4sc5cc(ccc5c4c3)C3(c4ccc5sc6ccccc6c5c4)c4ccccc4-c4c3cc2c2oc3ccccc3c42)cc1. The second kappa shape index (κ2) is 13.3. The third-order valence-corrected chi connectivity index (χ3v) is 17.4. The van der Waals surface area contributed by atoms with Gasteiger partial charge >= 0.3 is 0 Å². The minimum atomic E-state index is -0.693. The van der Waals surface area contributed by atoms with E-state index in [0.29, 0.717) is 0 Å². The van der Waals surface area contributed by atoms with E-state index in [1.54, 1.807) is 0 Å². The molecule has 66 heavy (non-hydrogen) atoms. The molecule has 3 aromatic heterocycles. The number of para-hydroxylation sites is 1. The van der Waals surface area contributed by atoms with Crippen LogP contribution in [0, 0.1) is 0 Å². The number of furan rings is 1. The number of anilines is 3. The number of thiophene rings is 2. The van der Waals surface area contributed by atoms with Crippen LogP contribution in [-0.2, 0) is 16.2 Å². The fourth-order valence-corrected chi connectivity index (χ4v) is 13.9. The van der Waals surface area contributed by atoms with E-state index >= 15 is 0 Å². The third-order valence-electron chi connectivity index (χ3n) is 15.1. The van der Waals surface area contributed by atoms with E-state index in [9.17, 15) is 0 Å². The van der Waals surface area contributed by atoms with E-state index in [-0.39, 0.29) is 10.8 Å². The Kier molecular flexibility index (Phi) is 7.73. The lowest BCUT2D eigenvalue weighted by atomic mass is 9.67. The summed E-state index contributed by atoms with van der Waals surface area (Å²) in [5.41, 5.74) is 15.5. The van der Waals surface area contributed by atoms with Crippen molar-refractivity contribution in [2.75, 3.05) is 4.90 Å². The van der Waals surface area contributed by atoms with Gasteiger partial charge in [0.15, 0.2) is 5.58 Å². The van der Waals surface area contributed by atoms with Crippen molar-refractivity contribution in [3.8, 4) is 11.1 Å². The van der Waals surface area contributed by atoms with Crippen LogP contribution in [0.1, 0.15) is 73.6 Å². The first kappa shape index (κ1) is 38.3. The van der Waals surface area contributed by atoms with Crippen molar-refractivity contribution in [2.24, 2.45) is 0 Å². The molecule has 5 aliphatic rings. The van der Waals surface area contributed by atoms with Gasteiger partial charge in [-0.2, -0.15) is 0 Å². The van der Waals surface area contributed by atoms with Gasteiger partial charge in [0.25, 0.3) is 0 Å². The molecule has 0 radical (unpaired) electrons. The first-order chi connectivity index (χ1) is 32.1. The molecule has 0 saturated heterocycles. The Bertz CT molecular complexity index is 4010. The lowest BCUT2D eigenvalue weighted by Crippen LogP contribution is -2.29. The first-order valence-electron chi connectivity index (χ1n) is 23.1. The quantitative estimate of drug-likeness (QED) is 0.172. The maximum atomic E-state index is 7.23. The van der Waals surface area contributed by atoms with E-state index in [1.807, 2.05) is 22.7 Å².